The van der Waals surface area contributed by atoms with Crippen LogP contribution in [0.4, 0.5) is 10.1 Å². The second-order valence-corrected chi connectivity index (χ2v) is 11.3. The number of nitrogens with zero attached hydrogens (tertiary/aromatic N) is 2. The molecule has 1 fully saturated rings. The van der Waals surface area contributed by atoms with Crippen molar-refractivity contribution in [2.24, 2.45) is 0 Å². The number of thiazole rings is 1. The number of hydrogen-bond donors (Lipinski definition) is 1. The van der Waals surface area contributed by atoms with Crippen LogP contribution in [0.5, 0.6) is 5.75 Å². The molecule has 10 heteroatoms. The number of piperidine rings is 1. The van der Waals surface area contributed by atoms with E-state index in [-0.39, 0.29) is 28.7 Å². The molecule has 4 rings (SSSR count). The summed E-state index contributed by atoms with van der Waals surface area (Å²) in [5, 5.41) is 3.58. The lowest BCUT2D eigenvalue weighted by molar-refractivity contribution is -0.115. The summed E-state index contributed by atoms with van der Waals surface area (Å²) in [7, 11) is -2.20. The number of hydrogen-bond acceptors (Lipinski definition) is 6. The molecule has 2 heterocycles. The molecule has 1 aromatic heterocycles. The molecule has 1 aliphatic heterocycles. The number of carbonyl (C=O) groups is 1. The van der Waals surface area contributed by atoms with Crippen molar-refractivity contribution < 1.29 is 22.3 Å². The number of sulfonamides is 1. The smallest absolute Gasteiger partial charge is 0.243 e. The molecule has 0 atom stereocenters. The molecule has 0 unspecified atom stereocenters. The van der Waals surface area contributed by atoms with E-state index in [0.29, 0.717) is 24.5 Å². The summed E-state index contributed by atoms with van der Waals surface area (Å²) in [6, 6.07) is 10.5. The quantitative estimate of drug-likeness (QED) is 0.508. The van der Waals surface area contributed by atoms with Crippen LogP contribution in [0, 0.1) is 12.7 Å². The van der Waals surface area contributed by atoms with Gasteiger partial charge in [0, 0.05) is 23.5 Å². The van der Waals surface area contributed by atoms with Gasteiger partial charge in [0.25, 0.3) is 0 Å². The van der Waals surface area contributed by atoms with Crippen LogP contribution in [-0.4, -0.2) is 43.8 Å². The largest absolute Gasteiger partial charge is 0.495 e. The highest BCUT2D eigenvalue weighted by Gasteiger charge is 2.27. The van der Waals surface area contributed by atoms with Gasteiger partial charge in [0.1, 0.15) is 11.6 Å². The molecule has 7 nitrogen and oxygen atoms in total. The van der Waals surface area contributed by atoms with Crippen molar-refractivity contribution in [1.29, 1.82) is 0 Å². The standard InChI is InChI=1S/C24H26FN3O4S2/c1-16-26-24(17-6-8-18(25)9-7-17)22(33-16)15-23(29)27-20-14-19(10-11-21(20)32-2)34(30,31)28-12-4-3-5-13-28/h6-11,14H,3-5,12-13,15H2,1-2H3,(H,27,29). The molecular weight excluding hydrogens is 477 g/mol. The van der Waals surface area contributed by atoms with Gasteiger partial charge >= 0.3 is 0 Å². The minimum Gasteiger partial charge on any atom is -0.495 e. The average Bonchev–Trinajstić information content (AvgIpc) is 3.19. The predicted molar refractivity (Wildman–Crippen MR) is 130 cm³/mol. The third-order valence-corrected chi connectivity index (χ3v) is 8.51. The normalized spacial score (nSPS) is 14.7. The van der Waals surface area contributed by atoms with Crippen LogP contribution in [0.2, 0.25) is 0 Å². The van der Waals surface area contributed by atoms with Crippen molar-refractivity contribution in [2.45, 2.75) is 37.5 Å². The molecule has 1 saturated heterocycles. The maximum atomic E-state index is 13.3. The van der Waals surface area contributed by atoms with Gasteiger partial charge in [-0.15, -0.1) is 11.3 Å². The van der Waals surface area contributed by atoms with E-state index in [9.17, 15) is 17.6 Å². The highest BCUT2D eigenvalue weighted by Crippen LogP contribution is 2.32. The van der Waals surface area contributed by atoms with E-state index in [1.807, 2.05) is 6.92 Å². The highest BCUT2D eigenvalue weighted by atomic mass is 32.2. The van der Waals surface area contributed by atoms with E-state index >= 15 is 0 Å². The van der Waals surface area contributed by atoms with Crippen LogP contribution < -0.4 is 10.1 Å². The van der Waals surface area contributed by atoms with Crippen molar-refractivity contribution >= 4 is 33.0 Å². The van der Waals surface area contributed by atoms with Gasteiger partial charge in [-0.05, 0) is 62.2 Å². The Morgan fingerprint density at radius 2 is 1.85 bits per heavy atom. The van der Waals surface area contributed by atoms with E-state index in [1.165, 1.54) is 47.0 Å². The fourth-order valence-electron chi connectivity index (χ4n) is 3.96. The number of carbonyl (C=O) groups excluding carboxylic acids is 1. The van der Waals surface area contributed by atoms with Gasteiger partial charge in [0.2, 0.25) is 15.9 Å². The molecule has 3 aromatic rings. The number of amides is 1. The number of halogens is 1. The van der Waals surface area contributed by atoms with Gasteiger partial charge in [0.15, 0.2) is 0 Å². The predicted octanol–water partition coefficient (Wildman–Crippen LogP) is 4.62. The Morgan fingerprint density at radius 1 is 1.15 bits per heavy atom. The van der Waals surface area contributed by atoms with Gasteiger partial charge < -0.3 is 10.1 Å². The van der Waals surface area contributed by atoms with Crippen LogP contribution in [0.25, 0.3) is 11.3 Å². The molecule has 34 heavy (non-hydrogen) atoms. The molecule has 1 aliphatic rings. The van der Waals surface area contributed by atoms with Gasteiger partial charge in [-0.2, -0.15) is 4.31 Å². The Balaban J connectivity index is 1.57. The first-order valence-electron chi connectivity index (χ1n) is 11.0. The van der Waals surface area contributed by atoms with Crippen molar-refractivity contribution in [3.8, 4) is 17.0 Å². The molecule has 0 bridgehead atoms. The first kappa shape index (κ1) is 24.3. The number of nitrogens with one attached hydrogen (secondary N) is 1. The number of benzene rings is 2. The number of anilines is 1. The van der Waals surface area contributed by atoms with Gasteiger partial charge in [0.05, 0.1) is 34.8 Å². The molecule has 0 saturated carbocycles. The van der Waals surface area contributed by atoms with Crippen molar-refractivity contribution in [1.82, 2.24) is 9.29 Å². The second kappa shape index (κ2) is 10.2. The first-order valence-corrected chi connectivity index (χ1v) is 13.2. The SMILES string of the molecule is COc1ccc(S(=O)(=O)N2CCCCC2)cc1NC(=O)Cc1sc(C)nc1-c1ccc(F)cc1. The Labute approximate surface area is 202 Å². The van der Waals surface area contributed by atoms with E-state index < -0.39 is 10.0 Å². The number of methoxy groups -OCH3 is 1. The zero-order valence-corrected chi connectivity index (χ0v) is 20.6. The minimum absolute atomic E-state index is 0.0322. The monoisotopic (exact) mass is 503 g/mol. The third kappa shape index (κ3) is 5.29. The minimum atomic E-state index is -3.66. The molecule has 0 spiro atoms. The van der Waals surface area contributed by atoms with E-state index in [1.54, 1.807) is 18.2 Å². The molecule has 0 aliphatic carbocycles. The van der Waals surface area contributed by atoms with Crippen molar-refractivity contribution in [2.75, 3.05) is 25.5 Å². The maximum Gasteiger partial charge on any atom is 0.243 e. The lowest BCUT2D eigenvalue weighted by atomic mass is 10.1. The summed E-state index contributed by atoms with van der Waals surface area (Å²) in [5.74, 6) is -0.315. The number of aromatic nitrogens is 1. The highest BCUT2D eigenvalue weighted by molar-refractivity contribution is 7.89. The zero-order valence-electron chi connectivity index (χ0n) is 19.0. The molecular formula is C24H26FN3O4S2. The average molecular weight is 504 g/mol. The van der Waals surface area contributed by atoms with Gasteiger partial charge in [-0.3, -0.25) is 4.79 Å². The number of rotatable bonds is 7. The van der Waals surface area contributed by atoms with Crippen LogP contribution in [0.1, 0.15) is 29.1 Å². The van der Waals surface area contributed by atoms with Crippen LogP contribution >= 0.6 is 11.3 Å². The summed E-state index contributed by atoms with van der Waals surface area (Å²) in [6.45, 7) is 2.83. The van der Waals surface area contributed by atoms with E-state index in [4.69, 9.17) is 4.74 Å². The Hall–Kier alpha value is -2.82. The van der Waals surface area contributed by atoms with Gasteiger partial charge in [-0.25, -0.2) is 17.8 Å². The summed E-state index contributed by atoms with van der Waals surface area (Å²) in [6.07, 6.45) is 2.73. The number of ether oxygens (including phenoxy) is 1. The fourth-order valence-corrected chi connectivity index (χ4v) is 6.46. The molecule has 180 valence electrons. The van der Waals surface area contributed by atoms with Crippen LogP contribution in [0.15, 0.2) is 47.4 Å². The van der Waals surface area contributed by atoms with Gasteiger partial charge in [-0.1, -0.05) is 6.42 Å². The van der Waals surface area contributed by atoms with Crippen LogP contribution in [-0.2, 0) is 21.2 Å². The Bertz CT molecular complexity index is 1280. The lowest BCUT2D eigenvalue weighted by Gasteiger charge is -2.26. The summed E-state index contributed by atoms with van der Waals surface area (Å²) < 4.78 is 46.3. The summed E-state index contributed by atoms with van der Waals surface area (Å²) >= 11 is 1.39. The second-order valence-electron chi connectivity index (χ2n) is 8.06. The molecule has 0 radical (unpaired) electrons. The van der Waals surface area contributed by atoms with E-state index in [2.05, 4.69) is 10.3 Å². The van der Waals surface area contributed by atoms with E-state index in [0.717, 1.165) is 34.7 Å². The topological polar surface area (TPSA) is 88.6 Å². The fraction of sp³-hybridized carbons (Fsp3) is 0.333. The summed E-state index contributed by atoms with van der Waals surface area (Å²) in [5.41, 5.74) is 1.64. The first-order chi connectivity index (χ1) is 16.3. The Kier molecular flexibility index (Phi) is 7.30. The van der Waals surface area contributed by atoms with Crippen molar-refractivity contribution in [3.05, 3.63) is 58.2 Å². The zero-order chi connectivity index (χ0) is 24.3. The lowest BCUT2D eigenvalue weighted by Crippen LogP contribution is -2.35. The molecule has 2 aromatic carbocycles. The number of aryl methyl sites for hydroxylation is 1. The maximum absolute atomic E-state index is 13.3. The third-order valence-electron chi connectivity index (χ3n) is 5.64. The Morgan fingerprint density at radius 3 is 2.53 bits per heavy atom. The van der Waals surface area contributed by atoms with Crippen LogP contribution in [0.3, 0.4) is 0 Å². The molecule has 1 amide bonds. The van der Waals surface area contributed by atoms with Crippen molar-refractivity contribution in [3.63, 3.8) is 0 Å². The summed E-state index contributed by atoms with van der Waals surface area (Å²) in [4.78, 5) is 18.3. The molecule has 1 N–H and O–H groups in total.